The summed E-state index contributed by atoms with van der Waals surface area (Å²) in [6.07, 6.45) is 0.155. The van der Waals surface area contributed by atoms with Gasteiger partial charge >= 0.3 is 0 Å². The van der Waals surface area contributed by atoms with Crippen LogP contribution in [0, 0.1) is 18.3 Å². The lowest BCUT2D eigenvalue weighted by Crippen LogP contribution is -2.16. The summed E-state index contributed by atoms with van der Waals surface area (Å²) in [5.41, 5.74) is 1.99. The molecule has 25 heavy (non-hydrogen) atoms. The number of rotatable bonds is 5. The van der Waals surface area contributed by atoms with Crippen LogP contribution in [0.4, 0.5) is 5.69 Å². The molecule has 2 aromatic carbocycles. The summed E-state index contributed by atoms with van der Waals surface area (Å²) in [5, 5.41) is 19.7. The molecule has 0 radical (unpaired) electrons. The van der Waals surface area contributed by atoms with Crippen molar-refractivity contribution in [2.24, 2.45) is 0 Å². The van der Waals surface area contributed by atoms with Crippen molar-refractivity contribution in [2.75, 3.05) is 5.32 Å². The van der Waals surface area contributed by atoms with Gasteiger partial charge in [-0.1, -0.05) is 36.4 Å². The highest BCUT2D eigenvalue weighted by molar-refractivity contribution is 5.91. The van der Waals surface area contributed by atoms with E-state index < -0.39 is 0 Å². The summed E-state index contributed by atoms with van der Waals surface area (Å²) < 4.78 is 5.54. The highest BCUT2D eigenvalue weighted by atomic mass is 16.4. The number of nitrogens with zero attached hydrogens (tertiary/aromatic N) is 3. The molecule has 0 saturated carbocycles. The summed E-state index contributed by atoms with van der Waals surface area (Å²) in [4.78, 5) is 12.5. The monoisotopic (exact) mass is 332 g/mol. The lowest BCUT2D eigenvalue weighted by Gasteiger charge is -2.13. The highest BCUT2D eigenvalue weighted by Gasteiger charge is 2.23. The second-order valence-electron chi connectivity index (χ2n) is 5.57. The molecule has 0 saturated heterocycles. The van der Waals surface area contributed by atoms with Crippen molar-refractivity contribution in [1.29, 1.82) is 5.26 Å². The van der Waals surface area contributed by atoms with Crippen LogP contribution in [0.1, 0.15) is 35.2 Å². The van der Waals surface area contributed by atoms with Crippen molar-refractivity contribution in [2.45, 2.75) is 19.3 Å². The predicted molar refractivity (Wildman–Crippen MR) is 91.7 cm³/mol. The summed E-state index contributed by atoms with van der Waals surface area (Å²) in [6.45, 7) is 1.71. The normalized spacial score (nSPS) is 11.5. The van der Waals surface area contributed by atoms with Gasteiger partial charge < -0.3 is 9.73 Å². The molecule has 3 rings (SSSR count). The lowest BCUT2D eigenvalue weighted by molar-refractivity contribution is -0.116. The zero-order valence-electron chi connectivity index (χ0n) is 13.6. The van der Waals surface area contributed by atoms with E-state index in [1.54, 1.807) is 31.2 Å². The second kappa shape index (κ2) is 7.41. The standard InChI is InChI=1S/C19H16N4O2/c1-13-22-23-19(25-13)17(15-7-3-2-4-8-15)11-18(24)21-16-9-5-6-14(10-16)12-20/h2-10,17H,11H2,1H3,(H,21,24). The summed E-state index contributed by atoms with van der Waals surface area (Å²) in [6, 6.07) is 18.4. The Balaban J connectivity index is 1.80. The molecule has 0 bridgehead atoms. The maximum atomic E-state index is 12.5. The minimum atomic E-state index is -0.332. The average molecular weight is 332 g/mol. The largest absolute Gasteiger partial charge is 0.425 e. The molecule has 6 nitrogen and oxygen atoms in total. The molecule has 1 unspecified atom stereocenters. The first-order valence-electron chi connectivity index (χ1n) is 7.80. The van der Waals surface area contributed by atoms with Crippen molar-refractivity contribution in [3.8, 4) is 6.07 Å². The van der Waals surface area contributed by atoms with Gasteiger partial charge in [0, 0.05) is 19.0 Å². The van der Waals surface area contributed by atoms with Gasteiger partial charge in [0.25, 0.3) is 0 Å². The first kappa shape index (κ1) is 16.4. The Labute approximate surface area is 145 Å². The third-order valence-corrected chi connectivity index (χ3v) is 3.71. The number of carbonyl (C=O) groups excluding carboxylic acids is 1. The molecular weight excluding hydrogens is 316 g/mol. The van der Waals surface area contributed by atoms with Crippen molar-refractivity contribution in [1.82, 2.24) is 10.2 Å². The number of nitriles is 1. The fourth-order valence-corrected chi connectivity index (χ4v) is 2.55. The number of benzene rings is 2. The molecule has 6 heteroatoms. The van der Waals surface area contributed by atoms with Crippen LogP contribution in [0.5, 0.6) is 0 Å². The smallest absolute Gasteiger partial charge is 0.225 e. The van der Waals surface area contributed by atoms with Gasteiger partial charge in [-0.05, 0) is 23.8 Å². The topological polar surface area (TPSA) is 91.8 Å². The van der Waals surface area contributed by atoms with Crippen LogP contribution in [0.3, 0.4) is 0 Å². The zero-order valence-corrected chi connectivity index (χ0v) is 13.6. The van der Waals surface area contributed by atoms with Crippen LogP contribution in [0.15, 0.2) is 59.0 Å². The number of nitrogens with one attached hydrogen (secondary N) is 1. The van der Waals surface area contributed by atoms with E-state index in [1.807, 2.05) is 30.3 Å². The highest BCUT2D eigenvalue weighted by Crippen LogP contribution is 2.27. The number of aryl methyl sites for hydroxylation is 1. The minimum absolute atomic E-state index is 0.155. The van der Waals surface area contributed by atoms with Crippen LogP contribution in [0.2, 0.25) is 0 Å². The Bertz CT molecular complexity index is 912. The fourth-order valence-electron chi connectivity index (χ4n) is 2.55. The molecule has 0 aliphatic heterocycles. The number of hydrogen-bond donors (Lipinski definition) is 1. The third kappa shape index (κ3) is 4.09. The van der Waals surface area contributed by atoms with Crippen molar-refractivity contribution in [3.63, 3.8) is 0 Å². The maximum absolute atomic E-state index is 12.5. The van der Waals surface area contributed by atoms with Gasteiger partial charge in [0.05, 0.1) is 17.6 Å². The van der Waals surface area contributed by atoms with Gasteiger partial charge in [-0.3, -0.25) is 4.79 Å². The molecule has 0 aliphatic carbocycles. The van der Waals surface area contributed by atoms with E-state index in [0.29, 0.717) is 23.0 Å². The van der Waals surface area contributed by atoms with Crippen LogP contribution in [-0.4, -0.2) is 16.1 Å². The number of hydrogen-bond acceptors (Lipinski definition) is 5. The van der Waals surface area contributed by atoms with E-state index in [2.05, 4.69) is 21.6 Å². The number of amides is 1. The molecule has 1 N–H and O–H groups in total. The quantitative estimate of drug-likeness (QED) is 0.773. The second-order valence-corrected chi connectivity index (χ2v) is 5.57. The third-order valence-electron chi connectivity index (χ3n) is 3.71. The average Bonchev–Trinajstić information content (AvgIpc) is 3.06. The molecule has 1 atom stereocenters. The Hall–Kier alpha value is -3.46. The number of aromatic nitrogens is 2. The van der Waals surface area contributed by atoms with Gasteiger partial charge in [-0.2, -0.15) is 5.26 Å². The minimum Gasteiger partial charge on any atom is -0.425 e. The Morgan fingerprint density at radius 1 is 1.20 bits per heavy atom. The molecule has 0 spiro atoms. The molecule has 3 aromatic rings. The molecule has 1 aromatic heterocycles. The molecule has 1 amide bonds. The summed E-state index contributed by atoms with van der Waals surface area (Å²) in [5.74, 6) is 0.337. The van der Waals surface area contributed by atoms with Crippen LogP contribution >= 0.6 is 0 Å². The first-order chi connectivity index (χ1) is 12.2. The van der Waals surface area contributed by atoms with Crippen molar-refractivity contribution in [3.05, 3.63) is 77.5 Å². The van der Waals surface area contributed by atoms with E-state index in [9.17, 15) is 4.79 Å². The summed E-state index contributed by atoms with van der Waals surface area (Å²) in [7, 11) is 0. The van der Waals surface area contributed by atoms with E-state index in [1.165, 1.54) is 0 Å². The van der Waals surface area contributed by atoms with E-state index in [-0.39, 0.29) is 18.2 Å². The maximum Gasteiger partial charge on any atom is 0.225 e. The van der Waals surface area contributed by atoms with Gasteiger partial charge in [0.2, 0.25) is 17.7 Å². The van der Waals surface area contributed by atoms with E-state index in [4.69, 9.17) is 9.68 Å². The predicted octanol–water partition coefficient (Wildman–Crippen LogP) is 3.41. The number of carbonyl (C=O) groups is 1. The fraction of sp³-hybridized carbons (Fsp3) is 0.158. The van der Waals surface area contributed by atoms with E-state index in [0.717, 1.165) is 5.56 Å². The molecule has 0 aliphatic rings. The van der Waals surface area contributed by atoms with Crippen molar-refractivity contribution < 1.29 is 9.21 Å². The zero-order chi connectivity index (χ0) is 17.6. The van der Waals surface area contributed by atoms with E-state index >= 15 is 0 Å². The molecule has 1 heterocycles. The molecular formula is C19H16N4O2. The van der Waals surface area contributed by atoms with Gasteiger partial charge in [0.15, 0.2) is 0 Å². The number of anilines is 1. The van der Waals surface area contributed by atoms with Gasteiger partial charge in [0.1, 0.15) is 0 Å². The van der Waals surface area contributed by atoms with Crippen molar-refractivity contribution >= 4 is 11.6 Å². The first-order valence-corrected chi connectivity index (χ1v) is 7.80. The SMILES string of the molecule is Cc1nnc(C(CC(=O)Nc2cccc(C#N)c2)c2ccccc2)o1. The molecule has 124 valence electrons. The Morgan fingerprint density at radius 2 is 2.00 bits per heavy atom. The van der Waals surface area contributed by atoms with Crippen LogP contribution < -0.4 is 5.32 Å². The van der Waals surface area contributed by atoms with Crippen LogP contribution in [-0.2, 0) is 4.79 Å². The lowest BCUT2D eigenvalue weighted by atomic mass is 9.95. The summed E-state index contributed by atoms with van der Waals surface area (Å²) >= 11 is 0. The van der Waals surface area contributed by atoms with Crippen LogP contribution in [0.25, 0.3) is 0 Å². The molecule has 0 fully saturated rings. The Kier molecular flexibility index (Phi) is 4.86. The van der Waals surface area contributed by atoms with Gasteiger partial charge in [-0.15, -0.1) is 10.2 Å². The van der Waals surface area contributed by atoms with Gasteiger partial charge in [-0.25, -0.2) is 0 Å². The Morgan fingerprint density at radius 3 is 2.68 bits per heavy atom.